The largest absolute Gasteiger partial charge is 0.343 e. The minimum absolute atomic E-state index is 0.565. The zero-order valence-electron chi connectivity index (χ0n) is 11.1. The highest BCUT2D eigenvalue weighted by Crippen LogP contribution is 2.20. The molecule has 0 fully saturated rings. The van der Waals surface area contributed by atoms with E-state index in [0.29, 0.717) is 6.54 Å². The molecule has 98 valence electrons. The number of aromatic nitrogens is 3. The zero-order chi connectivity index (χ0) is 13.2. The Morgan fingerprint density at radius 3 is 2.84 bits per heavy atom. The molecule has 0 aliphatic heterocycles. The number of nitrogens with zero attached hydrogens (tertiary/aromatic N) is 3. The molecule has 0 bridgehead atoms. The predicted octanol–water partition coefficient (Wildman–Crippen LogP) is 2.08. The van der Waals surface area contributed by atoms with Gasteiger partial charge in [-0.1, -0.05) is 18.2 Å². The standard InChI is InChI=1S/C15H18N4/c1-18-9-7-17-15(18)6-8-19-13(11-16)10-12-4-2-3-5-14(12)19/h2-5,7,9-10H,6,8,11,16H2,1H3. The SMILES string of the molecule is Cn1ccnc1CCn1c(CN)cc2ccccc21. The van der Waals surface area contributed by atoms with Crippen LogP contribution in [-0.2, 0) is 26.6 Å². The third-order valence-corrected chi connectivity index (χ3v) is 3.59. The Morgan fingerprint density at radius 2 is 2.11 bits per heavy atom. The molecule has 0 unspecified atom stereocenters. The first-order chi connectivity index (χ1) is 9.29. The first kappa shape index (κ1) is 12.0. The molecule has 0 radical (unpaired) electrons. The molecule has 2 heterocycles. The molecule has 0 aliphatic rings. The van der Waals surface area contributed by atoms with E-state index in [2.05, 4.69) is 44.5 Å². The summed E-state index contributed by atoms with van der Waals surface area (Å²) in [5.74, 6) is 1.10. The molecule has 0 saturated heterocycles. The quantitative estimate of drug-likeness (QED) is 0.775. The minimum Gasteiger partial charge on any atom is -0.343 e. The number of rotatable bonds is 4. The van der Waals surface area contributed by atoms with Crippen LogP contribution in [0.25, 0.3) is 10.9 Å². The van der Waals surface area contributed by atoms with Crippen LogP contribution in [-0.4, -0.2) is 14.1 Å². The Kier molecular flexibility index (Phi) is 3.09. The van der Waals surface area contributed by atoms with Crippen LogP contribution in [0, 0.1) is 0 Å². The summed E-state index contributed by atoms with van der Waals surface area (Å²) in [6, 6.07) is 10.6. The van der Waals surface area contributed by atoms with Crippen molar-refractivity contribution in [1.82, 2.24) is 14.1 Å². The number of benzene rings is 1. The van der Waals surface area contributed by atoms with Crippen LogP contribution in [0.4, 0.5) is 0 Å². The highest BCUT2D eigenvalue weighted by molar-refractivity contribution is 5.81. The zero-order valence-corrected chi connectivity index (χ0v) is 11.1. The van der Waals surface area contributed by atoms with Crippen molar-refractivity contribution in [2.45, 2.75) is 19.5 Å². The van der Waals surface area contributed by atoms with Gasteiger partial charge in [0.15, 0.2) is 0 Å². The summed E-state index contributed by atoms with van der Waals surface area (Å²) in [5, 5.41) is 1.25. The average Bonchev–Trinajstić information content (AvgIpc) is 2.99. The monoisotopic (exact) mass is 254 g/mol. The number of fused-ring (bicyclic) bond motifs is 1. The van der Waals surface area contributed by atoms with Gasteiger partial charge in [0.25, 0.3) is 0 Å². The summed E-state index contributed by atoms with van der Waals surface area (Å²) >= 11 is 0. The number of imidazole rings is 1. The molecule has 4 heteroatoms. The van der Waals surface area contributed by atoms with E-state index < -0.39 is 0 Å². The van der Waals surface area contributed by atoms with Crippen LogP contribution in [0.3, 0.4) is 0 Å². The van der Waals surface area contributed by atoms with Gasteiger partial charge in [-0.3, -0.25) is 0 Å². The highest BCUT2D eigenvalue weighted by atomic mass is 15.1. The molecule has 19 heavy (non-hydrogen) atoms. The Balaban J connectivity index is 1.93. The fourth-order valence-electron chi connectivity index (χ4n) is 2.55. The third-order valence-electron chi connectivity index (χ3n) is 3.59. The molecule has 2 N–H and O–H groups in total. The lowest BCUT2D eigenvalue weighted by atomic mass is 10.2. The molecular weight excluding hydrogens is 236 g/mol. The number of para-hydroxylation sites is 1. The van der Waals surface area contributed by atoms with E-state index in [4.69, 9.17) is 5.73 Å². The van der Waals surface area contributed by atoms with Crippen LogP contribution in [0.15, 0.2) is 42.7 Å². The summed E-state index contributed by atoms with van der Waals surface area (Å²) in [4.78, 5) is 4.37. The second-order valence-electron chi connectivity index (χ2n) is 4.75. The first-order valence-corrected chi connectivity index (χ1v) is 6.53. The molecule has 0 aliphatic carbocycles. The molecular formula is C15H18N4. The number of nitrogens with two attached hydrogens (primary N) is 1. The smallest absolute Gasteiger partial charge is 0.110 e. The second kappa shape index (κ2) is 4.90. The average molecular weight is 254 g/mol. The van der Waals surface area contributed by atoms with E-state index in [-0.39, 0.29) is 0 Å². The molecule has 2 aromatic heterocycles. The van der Waals surface area contributed by atoms with Crippen LogP contribution < -0.4 is 5.73 Å². The van der Waals surface area contributed by atoms with Crippen molar-refractivity contribution >= 4 is 10.9 Å². The van der Waals surface area contributed by atoms with Crippen LogP contribution in [0.5, 0.6) is 0 Å². The van der Waals surface area contributed by atoms with Gasteiger partial charge in [0.05, 0.1) is 0 Å². The summed E-state index contributed by atoms with van der Waals surface area (Å²) in [6.45, 7) is 1.47. The van der Waals surface area contributed by atoms with E-state index in [9.17, 15) is 0 Å². The lowest BCUT2D eigenvalue weighted by molar-refractivity contribution is 0.644. The van der Waals surface area contributed by atoms with E-state index in [1.165, 1.54) is 16.6 Å². The Hall–Kier alpha value is -2.07. The Bertz CT molecular complexity index is 693. The Labute approximate surface area is 112 Å². The van der Waals surface area contributed by atoms with E-state index in [0.717, 1.165) is 18.8 Å². The lowest BCUT2D eigenvalue weighted by Crippen LogP contribution is -2.10. The summed E-state index contributed by atoms with van der Waals surface area (Å²) in [6.07, 6.45) is 4.73. The minimum atomic E-state index is 0.565. The second-order valence-corrected chi connectivity index (χ2v) is 4.75. The van der Waals surface area contributed by atoms with Gasteiger partial charge in [-0.15, -0.1) is 0 Å². The summed E-state index contributed by atoms with van der Waals surface area (Å²) in [5.41, 5.74) is 8.28. The molecule has 0 atom stereocenters. The van der Waals surface area contributed by atoms with Gasteiger partial charge in [-0.2, -0.15) is 0 Å². The fourth-order valence-corrected chi connectivity index (χ4v) is 2.55. The van der Waals surface area contributed by atoms with Crippen LogP contribution in [0.1, 0.15) is 11.5 Å². The van der Waals surface area contributed by atoms with E-state index >= 15 is 0 Å². The third kappa shape index (κ3) is 2.15. The van der Waals surface area contributed by atoms with Crippen LogP contribution >= 0.6 is 0 Å². The molecule has 0 saturated carbocycles. The summed E-state index contributed by atoms with van der Waals surface area (Å²) in [7, 11) is 2.03. The van der Waals surface area contributed by atoms with Crippen molar-refractivity contribution in [3.63, 3.8) is 0 Å². The number of hydrogen-bond donors (Lipinski definition) is 1. The molecule has 4 nitrogen and oxygen atoms in total. The van der Waals surface area contributed by atoms with Crippen molar-refractivity contribution in [2.24, 2.45) is 12.8 Å². The van der Waals surface area contributed by atoms with Gasteiger partial charge in [-0.25, -0.2) is 4.98 Å². The van der Waals surface area contributed by atoms with Gasteiger partial charge in [0.1, 0.15) is 5.82 Å². The van der Waals surface area contributed by atoms with Crippen LogP contribution in [0.2, 0.25) is 0 Å². The van der Waals surface area contributed by atoms with Gasteiger partial charge in [0.2, 0.25) is 0 Å². The molecule has 3 aromatic rings. The molecule has 1 aromatic carbocycles. The number of aryl methyl sites for hydroxylation is 3. The van der Waals surface area contributed by atoms with Gasteiger partial charge in [-0.05, 0) is 17.5 Å². The van der Waals surface area contributed by atoms with Crippen molar-refractivity contribution < 1.29 is 0 Å². The topological polar surface area (TPSA) is 48.8 Å². The van der Waals surface area contributed by atoms with E-state index in [1.807, 2.05) is 19.4 Å². The fraction of sp³-hybridized carbons (Fsp3) is 0.267. The van der Waals surface area contributed by atoms with E-state index in [1.54, 1.807) is 0 Å². The molecule has 0 amide bonds. The maximum atomic E-state index is 5.85. The molecule has 3 rings (SSSR count). The maximum absolute atomic E-state index is 5.85. The maximum Gasteiger partial charge on any atom is 0.110 e. The normalized spacial score (nSPS) is 11.3. The van der Waals surface area contributed by atoms with Gasteiger partial charge in [0, 0.05) is 50.2 Å². The molecule has 0 spiro atoms. The van der Waals surface area contributed by atoms with Crippen molar-refractivity contribution in [1.29, 1.82) is 0 Å². The van der Waals surface area contributed by atoms with Gasteiger partial charge < -0.3 is 14.9 Å². The van der Waals surface area contributed by atoms with Crippen molar-refractivity contribution in [3.8, 4) is 0 Å². The van der Waals surface area contributed by atoms with Crippen molar-refractivity contribution in [3.05, 3.63) is 54.2 Å². The summed E-state index contributed by atoms with van der Waals surface area (Å²) < 4.78 is 4.36. The first-order valence-electron chi connectivity index (χ1n) is 6.53. The predicted molar refractivity (Wildman–Crippen MR) is 76.7 cm³/mol. The van der Waals surface area contributed by atoms with Crippen molar-refractivity contribution in [2.75, 3.05) is 0 Å². The lowest BCUT2D eigenvalue weighted by Gasteiger charge is -2.09. The highest BCUT2D eigenvalue weighted by Gasteiger charge is 2.08. The van der Waals surface area contributed by atoms with Gasteiger partial charge >= 0.3 is 0 Å². The Morgan fingerprint density at radius 1 is 1.26 bits per heavy atom. The number of hydrogen-bond acceptors (Lipinski definition) is 2.